The van der Waals surface area contributed by atoms with E-state index in [0.29, 0.717) is 18.3 Å². The Labute approximate surface area is 85.5 Å². The van der Waals surface area contributed by atoms with Crippen LogP contribution in [0.25, 0.3) is 0 Å². The van der Waals surface area contributed by atoms with Gasteiger partial charge in [0, 0.05) is 6.04 Å². The second-order valence-electron chi connectivity index (χ2n) is 3.68. The van der Waals surface area contributed by atoms with Crippen molar-refractivity contribution < 1.29 is 9.53 Å². The van der Waals surface area contributed by atoms with E-state index in [1.54, 1.807) is 6.92 Å². The van der Waals surface area contributed by atoms with Crippen molar-refractivity contribution in [3.05, 3.63) is 12.3 Å². The van der Waals surface area contributed by atoms with Crippen LogP contribution in [-0.2, 0) is 9.53 Å². The van der Waals surface area contributed by atoms with Gasteiger partial charge in [0.15, 0.2) is 0 Å². The van der Waals surface area contributed by atoms with E-state index < -0.39 is 0 Å². The number of ether oxygens (including phenoxy) is 1. The van der Waals surface area contributed by atoms with Gasteiger partial charge in [0.2, 0.25) is 0 Å². The number of rotatable bonds is 4. The predicted octanol–water partition coefficient (Wildman–Crippen LogP) is 1.99. The van der Waals surface area contributed by atoms with Gasteiger partial charge < -0.3 is 10.1 Å². The van der Waals surface area contributed by atoms with Gasteiger partial charge in [-0.05, 0) is 19.8 Å². The maximum absolute atomic E-state index is 11.2. The van der Waals surface area contributed by atoms with Crippen molar-refractivity contribution in [2.24, 2.45) is 0 Å². The predicted molar refractivity (Wildman–Crippen MR) is 55.8 cm³/mol. The summed E-state index contributed by atoms with van der Waals surface area (Å²) < 4.78 is 4.84. The van der Waals surface area contributed by atoms with E-state index in [0.717, 1.165) is 12.8 Å². The molecule has 3 heteroatoms. The van der Waals surface area contributed by atoms with E-state index in [1.807, 2.05) is 0 Å². The Bertz CT molecular complexity index is 207. The molecular weight excluding hydrogens is 178 g/mol. The van der Waals surface area contributed by atoms with Gasteiger partial charge in [0.25, 0.3) is 0 Å². The normalized spacial score (nSPS) is 17.5. The van der Waals surface area contributed by atoms with Crippen molar-refractivity contribution in [1.82, 2.24) is 5.32 Å². The van der Waals surface area contributed by atoms with Crippen molar-refractivity contribution in [1.29, 1.82) is 0 Å². The Morgan fingerprint density at radius 1 is 1.43 bits per heavy atom. The van der Waals surface area contributed by atoms with Crippen LogP contribution in [0.5, 0.6) is 0 Å². The Morgan fingerprint density at radius 3 is 2.64 bits per heavy atom. The summed E-state index contributed by atoms with van der Waals surface area (Å²) in [4.78, 5) is 11.2. The molecule has 1 fully saturated rings. The van der Waals surface area contributed by atoms with Gasteiger partial charge in [-0.2, -0.15) is 0 Å². The highest BCUT2D eigenvalue weighted by Crippen LogP contribution is 2.18. The van der Waals surface area contributed by atoms with Gasteiger partial charge in [-0.15, -0.1) is 0 Å². The van der Waals surface area contributed by atoms with E-state index in [1.165, 1.54) is 19.3 Å². The van der Waals surface area contributed by atoms with Crippen LogP contribution in [0.2, 0.25) is 0 Å². The van der Waals surface area contributed by atoms with Crippen LogP contribution in [0.4, 0.5) is 0 Å². The van der Waals surface area contributed by atoms with E-state index in [-0.39, 0.29) is 5.97 Å². The lowest BCUT2D eigenvalue weighted by atomic mass is 9.95. The summed E-state index contributed by atoms with van der Waals surface area (Å²) in [6, 6.07) is 0.417. The molecule has 0 amide bonds. The molecule has 1 aliphatic carbocycles. The molecule has 0 aliphatic heterocycles. The second-order valence-corrected chi connectivity index (χ2v) is 3.68. The lowest BCUT2D eigenvalue weighted by molar-refractivity contribution is -0.139. The zero-order valence-corrected chi connectivity index (χ0v) is 8.84. The first-order chi connectivity index (χ1) is 6.74. The average Bonchev–Trinajstić information content (AvgIpc) is 2.19. The van der Waals surface area contributed by atoms with Crippen LogP contribution in [0.15, 0.2) is 12.3 Å². The molecule has 3 nitrogen and oxygen atoms in total. The fourth-order valence-corrected chi connectivity index (χ4v) is 1.77. The number of hydrogen-bond acceptors (Lipinski definition) is 3. The molecule has 1 N–H and O–H groups in total. The summed E-state index contributed by atoms with van der Waals surface area (Å²) >= 11 is 0. The maximum atomic E-state index is 11.2. The van der Waals surface area contributed by atoms with Crippen molar-refractivity contribution in [2.75, 3.05) is 6.61 Å². The van der Waals surface area contributed by atoms with E-state index in [4.69, 9.17) is 4.74 Å². The Balaban J connectivity index is 2.28. The molecule has 0 saturated heterocycles. The first-order valence-electron chi connectivity index (χ1n) is 5.36. The zero-order valence-electron chi connectivity index (χ0n) is 8.84. The molecule has 1 saturated carbocycles. The number of carbonyl (C=O) groups is 1. The summed E-state index contributed by atoms with van der Waals surface area (Å²) in [7, 11) is 0. The molecule has 0 aromatic heterocycles. The third-order valence-electron chi connectivity index (χ3n) is 2.51. The Kier molecular flexibility index (Phi) is 4.50. The Morgan fingerprint density at radius 2 is 2.07 bits per heavy atom. The third-order valence-corrected chi connectivity index (χ3v) is 2.51. The van der Waals surface area contributed by atoms with Crippen molar-refractivity contribution in [3.8, 4) is 0 Å². The van der Waals surface area contributed by atoms with E-state index >= 15 is 0 Å². The lowest BCUT2D eigenvalue weighted by Gasteiger charge is -2.24. The fraction of sp³-hybridized carbons (Fsp3) is 0.727. The maximum Gasteiger partial charge on any atom is 0.353 e. The van der Waals surface area contributed by atoms with Crippen LogP contribution in [0, 0.1) is 0 Å². The molecule has 0 radical (unpaired) electrons. The molecule has 0 unspecified atom stereocenters. The second kappa shape index (κ2) is 5.68. The molecule has 0 heterocycles. The lowest BCUT2D eigenvalue weighted by Crippen LogP contribution is -2.33. The SMILES string of the molecule is C=C(NC1CCCCC1)C(=O)OCC. The average molecular weight is 197 g/mol. The summed E-state index contributed by atoms with van der Waals surface area (Å²) in [5.74, 6) is -0.321. The first kappa shape index (κ1) is 11.1. The highest BCUT2D eigenvalue weighted by atomic mass is 16.5. The minimum Gasteiger partial charge on any atom is -0.461 e. The first-order valence-corrected chi connectivity index (χ1v) is 5.36. The molecule has 14 heavy (non-hydrogen) atoms. The van der Waals surface area contributed by atoms with Gasteiger partial charge >= 0.3 is 5.97 Å². The van der Waals surface area contributed by atoms with E-state index in [2.05, 4.69) is 11.9 Å². The largest absolute Gasteiger partial charge is 0.461 e. The summed E-state index contributed by atoms with van der Waals surface area (Å²) in [6.07, 6.45) is 6.07. The van der Waals surface area contributed by atoms with Crippen molar-refractivity contribution in [3.63, 3.8) is 0 Å². The number of carbonyl (C=O) groups excluding carboxylic acids is 1. The topological polar surface area (TPSA) is 38.3 Å². The minimum absolute atomic E-state index is 0.321. The molecule has 0 aromatic rings. The quantitative estimate of drug-likeness (QED) is 0.553. The minimum atomic E-state index is -0.321. The van der Waals surface area contributed by atoms with Crippen LogP contribution in [0.3, 0.4) is 0 Å². The molecule has 1 aliphatic rings. The standard InChI is InChI=1S/C11H19NO2/c1-3-14-11(13)9(2)12-10-7-5-4-6-8-10/h10,12H,2-8H2,1H3. The van der Waals surface area contributed by atoms with Gasteiger partial charge in [-0.1, -0.05) is 25.8 Å². The number of hydrogen-bond donors (Lipinski definition) is 1. The van der Waals surface area contributed by atoms with Crippen molar-refractivity contribution >= 4 is 5.97 Å². The van der Waals surface area contributed by atoms with Gasteiger partial charge in [-0.3, -0.25) is 0 Å². The highest BCUT2D eigenvalue weighted by molar-refractivity contribution is 5.87. The van der Waals surface area contributed by atoms with Crippen LogP contribution in [0.1, 0.15) is 39.0 Å². The Hall–Kier alpha value is -0.990. The smallest absolute Gasteiger partial charge is 0.353 e. The molecule has 1 rings (SSSR count). The van der Waals surface area contributed by atoms with Crippen LogP contribution >= 0.6 is 0 Å². The molecule has 0 spiro atoms. The van der Waals surface area contributed by atoms with Crippen LogP contribution in [-0.4, -0.2) is 18.6 Å². The molecule has 0 atom stereocenters. The summed E-state index contributed by atoms with van der Waals surface area (Å²) in [5, 5.41) is 3.13. The van der Waals surface area contributed by atoms with Gasteiger partial charge in [-0.25, -0.2) is 4.79 Å². The number of nitrogens with one attached hydrogen (secondary N) is 1. The zero-order chi connectivity index (χ0) is 10.4. The van der Waals surface area contributed by atoms with Crippen LogP contribution < -0.4 is 5.32 Å². The molecule has 0 aromatic carbocycles. The molecule has 80 valence electrons. The molecule has 0 bridgehead atoms. The molecular formula is C11H19NO2. The summed E-state index contributed by atoms with van der Waals surface area (Å²) in [6.45, 7) is 5.89. The van der Waals surface area contributed by atoms with Gasteiger partial charge in [0.1, 0.15) is 5.70 Å². The van der Waals surface area contributed by atoms with Gasteiger partial charge in [0.05, 0.1) is 6.61 Å². The highest BCUT2D eigenvalue weighted by Gasteiger charge is 2.16. The van der Waals surface area contributed by atoms with E-state index in [9.17, 15) is 4.79 Å². The summed E-state index contributed by atoms with van der Waals surface area (Å²) in [5.41, 5.74) is 0.402. The van der Waals surface area contributed by atoms with Crippen molar-refractivity contribution in [2.45, 2.75) is 45.1 Å². The number of esters is 1. The third kappa shape index (κ3) is 3.40. The monoisotopic (exact) mass is 197 g/mol. The fourth-order valence-electron chi connectivity index (χ4n) is 1.77.